The predicted octanol–water partition coefficient (Wildman–Crippen LogP) is 4.97. The van der Waals surface area contributed by atoms with Crippen molar-refractivity contribution in [3.05, 3.63) is 68.3 Å². The van der Waals surface area contributed by atoms with Gasteiger partial charge in [0.25, 0.3) is 5.91 Å². The number of hydrogen-bond donors (Lipinski definition) is 2. The lowest BCUT2D eigenvalue weighted by molar-refractivity contribution is -0.116. The molecular weight excluding hydrogens is 390 g/mol. The van der Waals surface area contributed by atoms with Gasteiger partial charge in [-0.05, 0) is 56.3 Å². The summed E-state index contributed by atoms with van der Waals surface area (Å²) in [6, 6.07) is 10.9. The van der Waals surface area contributed by atoms with Crippen LogP contribution < -0.4 is 10.6 Å². The maximum Gasteiger partial charge on any atom is 0.251 e. The molecule has 1 atom stereocenters. The van der Waals surface area contributed by atoms with E-state index >= 15 is 0 Å². The molecule has 0 saturated heterocycles. The molecular formula is C21H23N3O2S2. The molecule has 0 radical (unpaired) electrons. The number of nitrogens with one attached hydrogen (secondary N) is 2. The Morgan fingerprint density at radius 2 is 2.04 bits per heavy atom. The number of carbonyl (C=O) groups excluding carboxylic acids is 2. The van der Waals surface area contributed by atoms with Crippen LogP contribution in [0, 0.1) is 6.92 Å². The highest BCUT2D eigenvalue weighted by Gasteiger charge is 2.14. The molecule has 3 aromatic rings. The molecule has 0 bridgehead atoms. The number of thiazole rings is 1. The minimum Gasteiger partial charge on any atom is -0.344 e. The van der Waals surface area contributed by atoms with Crippen molar-refractivity contribution < 1.29 is 9.59 Å². The molecule has 146 valence electrons. The molecule has 7 heteroatoms. The lowest BCUT2D eigenvalue weighted by Gasteiger charge is -2.12. The lowest BCUT2D eigenvalue weighted by atomic mass is 10.1. The molecule has 0 aliphatic carbocycles. The van der Waals surface area contributed by atoms with Crippen molar-refractivity contribution in [2.45, 2.75) is 39.2 Å². The molecule has 2 heterocycles. The maximum absolute atomic E-state index is 12.5. The minimum atomic E-state index is -0.188. The van der Waals surface area contributed by atoms with Crippen LogP contribution in [-0.4, -0.2) is 16.8 Å². The van der Waals surface area contributed by atoms with E-state index in [4.69, 9.17) is 0 Å². The van der Waals surface area contributed by atoms with E-state index in [1.165, 1.54) is 4.88 Å². The maximum atomic E-state index is 12.5. The summed E-state index contributed by atoms with van der Waals surface area (Å²) in [5.41, 5.74) is 1.99. The van der Waals surface area contributed by atoms with E-state index < -0.39 is 0 Å². The molecule has 0 saturated carbocycles. The van der Waals surface area contributed by atoms with Gasteiger partial charge in [-0.15, -0.1) is 22.7 Å². The first-order valence-electron chi connectivity index (χ1n) is 9.16. The van der Waals surface area contributed by atoms with Crippen molar-refractivity contribution in [1.82, 2.24) is 10.3 Å². The number of nitrogens with zero attached hydrogens (tertiary/aromatic N) is 1. The van der Waals surface area contributed by atoms with E-state index in [2.05, 4.69) is 21.7 Å². The second-order valence-electron chi connectivity index (χ2n) is 6.55. The second kappa shape index (κ2) is 9.61. The van der Waals surface area contributed by atoms with Crippen molar-refractivity contribution in [2.24, 2.45) is 0 Å². The summed E-state index contributed by atoms with van der Waals surface area (Å²) in [6.07, 6.45) is 2.16. The Bertz CT molecular complexity index is 935. The number of benzene rings is 1. The van der Waals surface area contributed by atoms with Gasteiger partial charge in [0.1, 0.15) is 0 Å². The molecule has 0 spiro atoms. The van der Waals surface area contributed by atoms with Crippen LogP contribution in [0.15, 0.2) is 47.2 Å². The average Bonchev–Trinajstić information content (AvgIpc) is 3.33. The Kier molecular flexibility index (Phi) is 6.95. The molecule has 0 fully saturated rings. The van der Waals surface area contributed by atoms with Crippen LogP contribution in [0.25, 0.3) is 0 Å². The molecule has 3 rings (SSSR count). The number of amides is 2. The predicted molar refractivity (Wildman–Crippen MR) is 115 cm³/mol. The Morgan fingerprint density at radius 1 is 1.18 bits per heavy atom. The van der Waals surface area contributed by atoms with Crippen LogP contribution in [0.1, 0.15) is 51.7 Å². The van der Waals surface area contributed by atoms with Crippen LogP contribution in [0.2, 0.25) is 0 Å². The van der Waals surface area contributed by atoms with Crippen LogP contribution in [0.5, 0.6) is 0 Å². The topological polar surface area (TPSA) is 71.1 Å². The van der Waals surface area contributed by atoms with E-state index in [0.717, 1.165) is 23.5 Å². The number of carbonyl (C=O) groups is 2. The summed E-state index contributed by atoms with van der Waals surface area (Å²) in [4.78, 5) is 30.4. The molecule has 0 aliphatic heterocycles. The summed E-state index contributed by atoms with van der Waals surface area (Å²) >= 11 is 3.27. The standard InChI is InChI=1S/C21H23N3O2S2/c1-14(19-13-28-15(2)23-19)22-21(26)16-6-3-7-17(12-16)24-20(25)10-4-8-18-9-5-11-27-18/h3,5-7,9,11-14H,4,8,10H2,1-2H3,(H,22,26)(H,24,25). The molecule has 28 heavy (non-hydrogen) atoms. The second-order valence-corrected chi connectivity index (χ2v) is 8.64. The molecule has 5 nitrogen and oxygen atoms in total. The number of rotatable bonds is 8. The Hall–Kier alpha value is -2.51. The number of anilines is 1. The molecule has 0 aliphatic rings. The van der Waals surface area contributed by atoms with Gasteiger partial charge in [-0.2, -0.15) is 0 Å². The van der Waals surface area contributed by atoms with Gasteiger partial charge in [0.2, 0.25) is 5.91 Å². The summed E-state index contributed by atoms with van der Waals surface area (Å²) in [5.74, 6) is -0.229. The highest BCUT2D eigenvalue weighted by atomic mass is 32.1. The molecule has 1 aromatic carbocycles. The fraction of sp³-hybridized carbons (Fsp3) is 0.286. The smallest absolute Gasteiger partial charge is 0.251 e. The van der Waals surface area contributed by atoms with Gasteiger partial charge in [0.15, 0.2) is 0 Å². The summed E-state index contributed by atoms with van der Waals surface area (Å²) in [7, 11) is 0. The Labute approximate surface area is 172 Å². The summed E-state index contributed by atoms with van der Waals surface area (Å²) in [6.45, 7) is 3.85. The zero-order valence-corrected chi connectivity index (χ0v) is 17.5. The molecule has 1 unspecified atom stereocenters. The van der Waals surface area contributed by atoms with E-state index in [1.807, 2.05) is 30.7 Å². The Balaban J connectivity index is 1.52. The third kappa shape index (κ3) is 5.74. The zero-order chi connectivity index (χ0) is 19.9. The van der Waals surface area contributed by atoms with Gasteiger partial charge in [0.05, 0.1) is 16.7 Å². The number of thiophene rings is 1. The van der Waals surface area contributed by atoms with Crippen LogP contribution in [0.4, 0.5) is 5.69 Å². The largest absolute Gasteiger partial charge is 0.344 e. The van der Waals surface area contributed by atoms with Gasteiger partial charge < -0.3 is 10.6 Å². The SMILES string of the molecule is Cc1nc(C(C)NC(=O)c2cccc(NC(=O)CCCc3cccs3)c2)cs1. The average molecular weight is 414 g/mol. The number of aromatic nitrogens is 1. The van der Waals surface area contributed by atoms with E-state index in [0.29, 0.717) is 17.7 Å². The number of hydrogen-bond acceptors (Lipinski definition) is 5. The van der Waals surface area contributed by atoms with E-state index in [9.17, 15) is 9.59 Å². The van der Waals surface area contributed by atoms with Crippen molar-refractivity contribution in [3.8, 4) is 0 Å². The number of aryl methyl sites for hydroxylation is 2. The third-order valence-electron chi connectivity index (χ3n) is 4.24. The first kappa shape index (κ1) is 20.2. The van der Waals surface area contributed by atoms with Gasteiger partial charge in [-0.1, -0.05) is 12.1 Å². The molecule has 2 N–H and O–H groups in total. The van der Waals surface area contributed by atoms with Crippen LogP contribution >= 0.6 is 22.7 Å². The quantitative estimate of drug-likeness (QED) is 0.548. The first-order chi connectivity index (χ1) is 13.5. The van der Waals surface area contributed by atoms with Crippen molar-refractivity contribution in [2.75, 3.05) is 5.32 Å². The van der Waals surface area contributed by atoms with Crippen LogP contribution in [0.3, 0.4) is 0 Å². The van der Waals surface area contributed by atoms with Crippen molar-refractivity contribution in [3.63, 3.8) is 0 Å². The minimum absolute atomic E-state index is 0.0413. The van der Waals surface area contributed by atoms with E-state index in [1.54, 1.807) is 46.9 Å². The highest BCUT2D eigenvalue weighted by Crippen LogP contribution is 2.18. The van der Waals surface area contributed by atoms with E-state index in [-0.39, 0.29) is 17.9 Å². The molecule has 2 aromatic heterocycles. The summed E-state index contributed by atoms with van der Waals surface area (Å²) in [5, 5.41) is 10.8. The van der Waals surface area contributed by atoms with Gasteiger partial charge >= 0.3 is 0 Å². The van der Waals surface area contributed by atoms with Gasteiger partial charge in [0, 0.05) is 27.9 Å². The highest BCUT2D eigenvalue weighted by molar-refractivity contribution is 7.10. The van der Waals surface area contributed by atoms with Crippen molar-refractivity contribution >= 4 is 40.2 Å². The van der Waals surface area contributed by atoms with Gasteiger partial charge in [-0.25, -0.2) is 4.98 Å². The van der Waals surface area contributed by atoms with Crippen LogP contribution in [-0.2, 0) is 11.2 Å². The van der Waals surface area contributed by atoms with Crippen molar-refractivity contribution in [1.29, 1.82) is 0 Å². The molecule has 2 amide bonds. The zero-order valence-electron chi connectivity index (χ0n) is 15.9. The fourth-order valence-electron chi connectivity index (χ4n) is 2.77. The fourth-order valence-corrected chi connectivity index (χ4v) is 4.23. The normalized spacial score (nSPS) is 11.8. The third-order valence-corrected chi connectivity index (χ3v) is 5.97. The monoisotopic (exact) mass is 413 g/mol. The lowest BCUT2D eigenvalue weighted by Crippen LogP contribution is -2.27. The first-order valence-corrected chi connectivity index (χ1v) is 10.9. The Morgan fingerprint density at radius 3 is 2.75 bits per heavy atom. The van der Waals surface area contributed by atoms with Gasteiger partial charge in [-0.3, -0.25) is 9.59 Å². The summed E-state index contributed by atoms with van der Waals surface area (Å²) < 4.78 is 0.